The number of hydrogen-bond acceptors (Lipinski definition) is 5. The van der Waals surface area contributed by atoms with Crippen molar-refractivity contribution in [2.45, 2.75) is 11.8 Å². The Morgan fingerprint density at radius 3 is 2.30 bits per heavy atom. The summed E-state index contributed by atoms with van der Waals surface area (Å²) in [7, 11) is -2.63. The molecular formula is C16H15NO5S. The minimum atomic E-state index is -3.87. The molecule has 2 aromatic carbocycles. The molecular weight excluding hydrogens is 318 g/mol. The van der Waals surface area contributed by atoms with Crippen LogP contribution in [-0.2, 0) is 14.8 Å². The van der Waals surface area contributed by atoms with Gasteiger partial charge in [-0.2, -0.15) is 0 Å². The van der Waals surface area contributed by atoms with Gasteiger partial charge in [0.15, 0.2) is 5.78 Å². The number of anilines is 1. The van der Waals surface area contributed by atoms with Crippen LogP contribution in [-0.4, -0.2) is 27.3 Å². The average Bonchev–Trinajstić information content (AvgIpc) is 2.54. The minimum absolute atomic E-state index is 0.0336. The number of benzene rings is 2. The van der Waals surface area contributed by atoms with Gasteiger partial charge in [0.2, 0.25) is 0 Å². The first-order valence-electron chi connectivity index (χ1n) is 6.65. The highest BCUT2D eigenvalue weighted by molar-refractivity contribution is 7.92. The van der Waals surface area contributed by atoms with Crippen LogP contribution >= 0.6 is 0 Å². The highest BCUT2D eigenvalue weighted by Gasteiger charge is 2.16. The molecule has 0 aromatic heterocycles. The van der Waals surface area contributed by atoms with Gasteiger partial charge in [-0.15, -0.1) is 0 Å². The van der Waals surface area contributed by atoms with Crippen molar-refractivity contribution in [2.24, 2.45) is 0 Å². The van der Waals surface area contributed by atoms with Gasteiger partial charge in [0, 0.05) is 11.3 Å². The molecule has 0 saturated heterocycles. The Balaban J connectivity index is 2.33. The van der Waals surface area contributed by atoms with Gasteiger partial charge in [-0.05, 0) is 37.3 Å². The molecule has 0 aliphatic heterocycles. The van der Waals surface area contributed by atoms with E-state index in [1.54, 1.807) is 6.07 Å². The van der Waals surface area contributed by atoms with E-state index in [2.05, 4.69) is 9.46 Å². The van der Waals surface area contributed by atoms with Crippen molar-refractivity contribution in [3.05, 3.63) is 59.7 Å². The first-order valence-corrected chi connectivity index (χ1v) is 8.14. The maximum atomic E-state index is 12.4. The summed E-state index contributed by atoms with van der Waals surface area (Å²) in [5.41, 5.74) is 0.752. The predicted molar refractivity (Wildman–Crippen MR) is 85.0 cm³/mol. The van der Waals surface area contributed by atoms with Crippen molar-refractivity contribution >= 4 is 27.5 Å². The lowest BCUT2D eigenvalue weighted by atomic mass is 10.2. The van der Waals surface area contributed by atoms with E-state index < -0.39 is 16.0 Å². The summed E-state index contributed by atoms with van der Waals surface area (Å²) in [6.07, 6.45) is 0. The molecule has 0 saturated carbocycles. The van der Waals surface area contributed by atoms with Crippen LogP contribution < -0.4 is 4.72 Å². The maximum Gasteiger partial charge on any atom is 0.337 e. The zero-order chi connectivity index (χ0) is 17.0. The zero-order valence-corrected chi connectivity index (χ0v) is 13.4. The van der Waals surface area contributed by atoms with E-state index in [-0.39, 0.29) is 21.9 Å². The third-order valence-corrected chi connectivity index (χ3v) is 4.47. The first kappa shape index (κ1) is 16.7. The van der Waals surface area contributed by atoms with Crippen LogP contribution in [0.4, 0.5) is 5.69 Å². The van der Waals surface area contributed by atoms with Gasteiger partial charge >= 0.3 is 5.97 Å². The third kappa shape index (κ3) is 3.95. The number of esters is 1. The summed E-state index contributed by atoms with van der Waals surface area (Å²) < 4.78 is 31.7. The van der Waals surface area contributed by atoms with Gasteiger partial charge in [-0.25, -0.2) is 13.2 Å². The van der Waals surface area contributed by atoms with Crippen molar-refractivity contribution in [1.82, 2.24) is 0 Å². The number of ketones is 1. The van der Waals surface area contributed by atoms with E-state index in [4.69, 9.17) is 0 Å². The second-order valence-electron chi connectivity index (χ2n) is 4.76. The number of carbonyl (C=O) groups is 2. The van der Waals surface area contributed by atoms with Crippen LogP contribution in [0.2, 0.25) is 0 Å². The average molecular weight is 333 g/mol. The second-order valence-corrected chi connectivity index (χ2v) is 6.44. The summed E-state index contributed by atoms with van der Waals surface area (Å²) in [5.74, 6) is -0.792. The molecule has 0 bridgehead atoms. The number of ether oxygens (including phenoxy) is 1. The highest BCUT2D eigenvalue weighted by atomic mass is 32.2. The van der Waals surface area contributed by atoms with E-state index in [0.29, 0.717) is 5.56 Å². The Morgan fingerprint density at radius 2 is 1.65 bits per heavy atom. The lowest BCUT2D eigenvalue weighted by molar-refractivity contribution is 0.0600. The fourth-order valence-corrected chi connectivity index (χ4v) is 3.02. The second kappa shape index (κ2) is 6.62. The van der Waals surface area contributed by atoms with Crippen molar-refractivity contribution in [3.8, 4) is 0 Å². The van der Waals surface area contributed by atoms with Gasteiger partial charge in [0.1, 0.15) is 0 Å². The van der Waals surface area contributed by atoms with Crippen LogP contribution in [0.15, 0.2) is 53.4 Å². The molecule has 2 rings (SSSR count). The summed E-state index contributed by atoms with van der Waals surface area (Å²) in [4.78, 5) is 22.8. The summed E-state index contributed by atoms with van der Waals surface area (Å²) in [6.45, 7) is 1.36. The summed E-state index contributed by atoms with van der Waals surface area (Å²) in [6, 6.07) is 11.7. The Morgan fingerprint density at radius 1 is 1.00 bits per heavy atom. The fourth-order valence-electron chi connectivity index (χ4n) is 1.92. The number of carbonyl (C=O) groups excluding carboxylic acids is 2. The van der Waals surface area contributed by atoms with Crippen LogP contribution in [0, 0.1) is 0 Å². The van der Waals surface area contributed by atoms with E-state index in [0.717, 1.165) is 0 Å². The highest BCUT2D eigenvalue weighted by Crippen LogP contribution is 2.18. The summed E-state index contributed by atoms with van der Waals surface area (Å²) >= 11 is 0. The molecule has 0 spiro atoms. The topological polar surface area (TPSA) is 89.5 Å². The molecule has 0 aliphatic carbocycles. The molecule has 23 heavy (non-hydrogen) atoms. The number of sulfonamides is 1. The number of nitrogens with one attached hydrogen (secondary N) is 1. The maximum absolute atomic E-state index is 12.4. The SMILES string of the molecule is COC(=O)c1cccc(NS(=O)(=O)c2cccc(C(C)=O)c2)c1. The van der Waals surface area contributed by atoms with Crippen LogP contribution in [0.25, 0.3) is 0 Å². The molecule has 1 N–H and O–H groups in total. The molecule has 2 aromatic rings. The Bertz CT molecular complexity index is 858. The Hall–Kier alpha value is -2.67. The Kier molecular flexibility index (Phi) is 4.80. The molecule has 0 radical (unpaired) electrons. The van der Waals surface area contributed by atoms with E-state index in [1.165, 1.54) is 56.5 Å². The van der Waals surface area contributed by atoms with Gasteiger partial charge < -0.3 is 4.74 Å². The first-order chi connectivity index (χ1) is 10.8. The number of hydrogen-bond donors (Lipinski definition) is 1. The number of rotatable bonds is 5. The minimum Gasteiger partial charge on any atom is -0.465 e. The van der Waals surface area contributed by atoms with Gasteiger partial charge in [0.05, 0.1) is 17.6 Å². The van der Waals surface area contributed by atoms with E-state index >= 15 is 0 Å². The molecule has 0 heterocycles. The zero-order valence-electron chi connectivity index (χ0n) is 12.6. The monoisotopic (exact) mass is 333 g/mol. The van der Waals surface area contributed by atoms with Crippen molar-refractivity contribution in [1.29, 1.82) is 0 Å². The van der Waals surface area contributed by atoms with Gasteiger partial charge in [0.25, 0.3) is 10.0 Å². The quantitative estimate of drug-likeness (QED) is 0.670. The predicted octanol–water partition coefficient (Wildman–Crippen LogP) is 2.48. The fraction of sp³-hybridized carbons (Fsp3) is 0.125. The van der Waals surface area contributed by atoms with E-state index in [9.17, 15) is 18.0 Å². The molecule has 0 unspecified atom stereocenters. The summed E-state index contributed by atoms with van der Waals surface area (Å²) in [5, 5.41) is 0. The normalized spacial score (nSPS) is 10.9. The Labute approximate surface area is 134 Å². The van der Waals surface area contributed by atoms with Gasteiger partial charge in [-0.3, -0.25) is 9.52 Å². The largest absolute Gasteiger partial charge is 0.465 e. The van der Waals surface area contributed by atoms with Crippen LogP contribution in [0.1, 0.15) is 27.6 Å². The standard InChI is InChI=1S/C16H15NO5S/c1-11(18)12-5-4-8-15(10-12)23(20,21)17-14-7-3-6-13(9-14)16(19)22-2/h3-10,17H,1-2H3. The van der Waals surface area contributed by atoms with Crippen molar-refractivity contribution in [2.75, 3.05) is 11.8 Å². The van der Waals surface area contributed by atoms with Crippen molar-refractivity contribution < 1.29 is 22.7 Å². The van der Waals surface area contributed by atoms with E-state index in [1.807, 2.05) is 0 Å². The molecule has 0 aliphatic rings. The molecule has 0 fully saturated rings. The van der Waals surface area contributed by atoms with Crippen molar-refractivity contribution in [3.63, 3.8) is 0 Å². The lowest BCUT2D eigenvalue weighted by Gasteiger charge is -2.09. The number of Topliss-reactive ketones (excluding diaryl/α,β-unsaturated/α-hetero) is 1. The molecule has 6 nitrogen and oxygen atoms in total. The molecule has 0 atom stereocenters. The molecule has 7 heteroatoms. The van der Waals surface area contributed by atoms with Crippen LogP contribution in [0.5, 0.6) is 0 Å². The number of methoxy groups -OCH3 is 1. The smallest absolute Gasteiger partial charge is 0.337 e. The van der Waals surface area contributed by atoms with Crippen LogP contribution in [0.3, 0.4) is 0 Å². The van der Waals surface area contributed by atoms with Gasteiger partial charge in [-0.1, -0.05) is 18.2 Å². The lowest BCUT2D eigenvalue weighted by Crippen LogP contribution is -2.14. The molecule has 120 valence electrons. The third-order valence-electron chi connectivity index (χ3n) is 3.09. The molecule has 0 amide bonds.